The van der Waals surface area contributed by atoms with Crippen molar-refractivity contribution in [2.45, 2.75) is 0 Å². The van der Waals surface area contributed by atoms with Crippen molar-refractivity contribution in [1.82, 2.24) is 4.98 Å². The molecule has 2 heterocycles. The Bertz CT molecular complexity index is 962. The first kappa shape index (κ1) is 16.0. The largest absolute Gasteiger partial charge is 0.454 e. The summed E-state index contributed by atoms with van der Waals surface area (Å²) in [5, 5.41) is 0. The zero-order chi connectivity index (χ0) is 18.1. The maximum Gasteiger partial charge on any atom is 0.258 e. The maximum absolute atomic E-state index is 12.7. The van der Waals surface area contributed by atoms with Crippen LogP contribution in [0.15, 0.2) is 60.9 Å². The van der Waals surface area contributed by atoms with Crippen LogP contribution in [-0.4, -0.2) is 30.5 Å². The molecule has 130 valence electrons. The number of ketones is 1. The molecule has 6 heteroatoms. The molecule has 1 aliphatic rings. The average molecular weight is 348 g/mol. The topological polar surface area (TPSA) is 71.6 Å². The number of carbonyl (C=O) groups excluding carboxylic acids is 2. The highest BCUT2D eigenvalue weighted by atomic mass is 16.7. The van der Waals surface area contributed by atoms with Gasteiger partial charge < -0.3 is 19.4 Å². The number of nitrogens with zero attached hydrogens (tertiary/aromatic N) is 1. The second-order valence-corrected chi connectivity index (χ2v) is 5.91. The Morgan fingerprint density at radius 2 is 1.65 bits per heavy atom. The Morgan fingerprint density at radius 1 is 0.923 bits per heavy atom. The highest BCUT2D eigenvalue weighted by Gasteiger charge is 2.19. The summed E-state index contributed by atoms with van der Waals surface area (Å²) in [4.78, 5) is 29.4. The monoisotopic (exact) mass is 348 g/mol. The SMILES string of the molecule is CN(C(=O)c1ccc(C(=O)c2cc[nH]c2)cc1)c1ccc2c(c1)OCO2. The number of ether oxygens (including phenoxy) is 2. The van der Waals surface area contributed by atoms with E-state index in [1.54, 1.807) is 68.0 Å². The smallest absolute Gasteiger partial charge is 0.258 e. The van der Waals surface area contributed by atoms with Gasteiger partial charge in [0.25, 0.3) is 5.91 Å². The molecule has 1 N–H and O–H groups in total. The molecule has 0 bridgehead atoms. The predicted octanol–water partition coefficient (Wildman–Crippen LogP) is 3.25. The third-order valence-corrected chi connectivity index (χ3v) is 4.30. The van der Waals surface area contributed by atoms with Gasteiger partial charge in [0, 0.05) is 47.9 Å². The van der Waals surface area contributed by atoms with Crippen LogP contribution >= 0.6 is 0 Å². The minimum atomic E-state index is -0.176. The van der Waals surface area contributed by atoms with E-state index in [4.69, 9.17) is 9.47 Å². The summed E-state index contributed by atoms with van der Waals surface area (Å²) in [6.45, 7) is 0.188. The van der Waals surface area contributed by atoms with Gasteiger partial charge >= 0.3 is 0 Å². The zero-order valence-corrected chi connectivity index (χ0v) is 14.1. The fraction of sp³-hybridized carbons (Fsp3) is 0.100. The number of benzene rings is 2. The summed E-state index contributed by atoms with van der Waals surface area (Å²) >= 11 is 0. The summed E-state index contributed by atoms with van der Waals surface area (Å²) in [5.41, 5.74) is 2.32. The van der Waals surface area contributed by atoms with Crippen molar-refractivity contribution in [2.75, 3.05) is 18.7 Å². The Kier molecular flexibility index (Phi) is 3.93. The van der Waals surface area contributed by atoms with Crippen molar-refractivity contribution in [1.29, 1.82) is 0 Å². The number of amides is 1. The molecule has 0 saturated carbocycles. The van der Waals surface area contributed by atoms with Gasteiger partial charge in [-0.2, -0.15) is 0 Å². The van der Waals surface area contributed by atoms with Crippen molar-refractivity contribution >= 4 is 17.4 Å². The van der Waals surface area contributed by atoms with E-state index in [-0.39, 0.29) is 18.5 Å². The molecule has 0 aliphatic carbocycles. The minimum absolute atomic E-state index is 0.0885. The van der Waals surface area contributed by atoms with Gasteiger partial charge in [-0.3, -0.25) is 9.59 Å². The van der Waals surface area contributed by atoms with E-state index in [0.717, 1.165) is 0 Å². The third-order valence-electron chi connectivity index (χ3n) is 4.30. The molecule has 1 aromatic heterocycles. The number of hydrogen-bond acceptors (Lipinski definition) is 4. The summed E-state index contributed by atoms with van der Waals surface area (Å²) in [6.07, 6.45) is 3.35. The van der Waals surface area contributed by atoms with Gasteiger partial charge in [0.15, 0.2) is 17.3 Å². The quantitative estimate of drug-likeness (QED) is 0.735. The number of anilines is 1. The molecular formula is C20H16N2O4. The number of hydrogen-bond donors (Lipinski definition) is 1. The Balaban J connectivity index is 1.53. The molecule has 2 aromatic carbocycles. The van der Waals surface area contributed by atoms with Crippen LogP contribution in [0, 0.1) is 0 Å². The maximum atomic E-state index is 12.7. The number of nitrogens with one attached hydrogen (secondary N) is 1. The normalized spacial score (nSPS) is 12.0. The van der Waals surface area contributed by atoms with Crippen LogP contribution in [0.5, 0.6) is 11.5 Å². The van der Waals surface area contributed by atoms with Crippen molar-refractivity contribution in [3.63, 3.8) is 0 Å². The number of aromatic nitrogens is 1. The summed E-state index contributed by atoms with van der Waals surface area (Å²) in [6, 6.07) is 13.7. The van der Waals surface area contributed by atoms with Gasteiger partial charge in [0.2, 0.25) is 6.79 Å². The number of fused-ring (bicyclic) bond motifs is 1. The van der Waals surface area contributed by atoms with E-state index in [1.165, 1.54) is 4.90 Å². The first-order valence-electron chi connectivity index (χ1n) is 8.09. The number of rotatable bonds is 4. The van der Waals surface area contributed by atoms with E-state index < -0.39 is 0 Å². The van der Waals surface area contributed by atoms with E-state index in [2.05, 4.69) is 4.98 Å². The lowest BCUT2D eigenvalue weighted by Crippen LogP contribution is -2.26. The average Bonchev–Trinajstić information content (AvgIpc) is 3.37. The lowest BCUT2D eigenvalue weighted by Gasteiger charge is -2.18. The molecule has 0 radical (unpaired) electrons. The second-order valence-electron chi connectivity index (χ2n) is 5.91. The summed E-state index contributed by atoms with van der Waals surface area (Å²) in [7, 11) is 1.69. The number of H-pyrrole nitrogens is 1. The van der Waals surface area contributed by atoms with E-state index >= 15 is 0 Å². The van der Waals surface area contributed by atoms with Crippen LogP contribution in [0.3, 0.4) is 0 Å². The molecule has 1 amide bonds. The molecule has 0 atom stereocenters. The molecule has 0 fully saturated rings. The van der Waals surface area contributed by atoms with E-state index in [0.29, 0.717) is 33.9 Å². The molecule has 0 unspecified atom stereocenters. The highest BCUT2D eigenvalue weighted by molar-refractivity contribution is 6.10. The Morgan fingerprint density at radius 3 is 2.38 bits per heavy atom. The van der Waals surface area contributed by atoms with Crippen molar-refractivity contribution in [3.05, 3.63) is 77.6 Å². The van der Waals surface area contributed by atoms with Crippen molar-refractivity contribution in [3.8, 4) is 11.5 Å². The van der Waals surface area contributed by atoms with Gasteiger partial charge in [-0.1, -0.05) is 12.1 Å². The number of carbonyl (C=O) groups is 2. The lowest BCUT2D eigenvalue weighted by molar-refractivity contribution is 0.0990. The lowest BCUT2D eigenvalue weighted by atomic mass is 10.0. The van der Waals surface area contributed by atoms with Gasteiger partial charge in [-0.25, -0.2) is 0 Å². The summed E-state index contributed by atoms with van der Waals surface area (Å²) in [5.74, 6) is 1.02. The second kappa shape index (κ2) is 6.40. The molecule has 0 spiro atoms. The molecule has 1 aliphatic heterocycles. The Labute approximate surface area is 150 Å². The minimum Gasteiger partial charge on any atom is -0.454 e. The van der Waals surface area contributed by atoms with Crippen LogP contribution in [-0.2, 0) is 0 Å². The van der Waals surface area contributed by atoms with Crippen molar-refractivity contribution in [2.24, 2.45) is 0 Å². The third kappa shape index (κ3) is 2.82. The van der Waals surface area contributed by atoms with Gasteiger partial charge in [0.1, 0.15) is 0 Å². The first-order chi connectivity index (χ1) is 12.6. The Hall–Kier alpha value is -3.54. The van der Waals surface area contributed by atoms with Gasteiger partial charge in [-0.15, -0.1) is 0 Å². The standard InChI is InChI=1S/C20H16N2O4/c1-22(16-6-7-17-18(10-16)26-12-25-17)20(24)14-4-2-13(3-5-14)19(23)15-8-9-21-11-15/h2-11,21H,12H2,1H3. The zero-order valence-electron chi connectivity index (χ0n) is 14.1. The van der Waals surface area contributed by atoms with Gasteiger partial charge in [-0.05, 0) is 30.3 Å². The van der Waals surface area contributed by atoms with Crippen LogP contribution in [0.4, 0.5) is 5.69 Å². The molecule has 6 nitrogen and oxygen atoms in total. The molecule has 0 saturated heterocycles. The predicted molar refractivity (Wildman–Crippen MR) is 96.0 cm³/mol. The van der Waals surface area contributed by atoms with Crippen molar-refractivity contribution < 1.29 is 19.1 Å². The molecule has 26 heavy (non-hydrogen) atoms. The molecule has 4 rings (SSSR count). The fourth-order valence-corrected chi connectivity index (χ4v) is 2.80. The van der Waals surface area contributed by atoms with Crippen LogP contribution in [0.1, 0.15) is 26.3 Å². The van der Waals surface area contributed by atoms with Crippen LogP contribution < -0.4 is 14.4 Å². The summed E-state index contributed by atoms with van der Waals surface area (Å²) < 4.78 is 10.6. The molecular weight excluding hydrogens is 332 g/mol. The van der Waals surface area contributed by atoms with Gasteiger partial charge in [0.05, 0.1) is 0 Å². The van der Waals surface area contributed by atoms with E-state index in [1.807, 2.05) is 0 Å². The fourth-order valence-electron chi connectivity index (χ4n) is 2.80. The van der Waals surface area contributed by atoms with Crippen LogP contribution in [0.25, 0.3) is 0 Å². The molecule has 3 aromatic rings. The number of aromatic amines is 1. The van der Waals surface area contributed by atoms with Crippen LogP contribution in [0.2, 0.25) is 0 Å². The van der Waals surface area contributed by atoms with E-state index in [9.17, 15) is 9.59 Å². The highest BCUT2D eigenvalue weighted by Crippen LogP contribution is 2.35. The first-order valence-corrected chi connectivity index (χ1v) is 8.09.